The van der Waals surface area contributed by atoms with Crippen LogP contribution in [0.25, 0.3) is 0 Å². The van der Waals surface area contributed by atoms with E-state index in [2.05, 4.69) is 10.6 Å². The van der Waals surface area contributed by atoms with Gasteiger partial charge in [0.2, 0.25) is 0 Å². The van der Waals surface area contributed by atoms with Crippen LogP contribution < -0.4 is 15.4 Å². The van der Waals surface area contributed by atoms with Gasteiger partial charge < -0.3 is 25.2 Å². The van der Waals surface area contributed by atoms with Gasteiger partial charge in [0.1, 0.15) is 0 Å². The molecular formula is C18H23ClN2O5. The predicted octanol–water partition coefficient (Wildman–Crippen LogP) is 3.41. The lowest BCUT2D eigenvalue weighted by Crippen LogP contribution is -2.46. The topological polar surface area (TPSA) is 96.9 Å². The van der Waals surface area contributed by atoms with Crippen molar-refractivity contribution in [2.75, 3.05) is 6.61 Å². The smallest absolute Gasteiger partial charge is 0.338 e. The molecule has 0 aliphatic carbocycles. The first-order valence-corrected chi connectivity index (χ1v) is 8.82. The summed E-state index contributed by atoms with van der Waals surface area (Å²) < 4.78 is 10.7. The molecule has 8 heteroatoms. The molecule has 1 heterocycles. The quantitative estimate of drug-likeness (QED) is 0.655. The van der Waals surface area contributed by atoms with Crippen molar-refractivity contribution in [1.29, 1.82) is 0 Å². The van der Waals surface area contributed by atoms with Gasteiger partial charge >= 0.3 is 12.0 Å². The number of benzene rings is 1. The fourth-order valence-corrected chi connectivity index (χ4v) is 2.91. The molecule has 2 amide bonds. The molecule has 1 atom stereocenters. The number of phenols is 1. The third kappa shape index (κ3) is 4.22. The monoisotopic (exact) mass is 382 g/mol. The number of phenolic OH excluding ortho intramolecular Hbond substituents is 1. The van der Waals surface area contributed by atoms with Gasteiger partial charge in [-0.25, -0.2) is 9.59 Å². The molecule has 0 radical (unpaired) electrons. The van der Waals surface area contributed by atoms with E-state index in [0.29, 0.717) is 29.9 Å². The number of urea groups is 1. The molecule has 3 N–H and O–H groups in total. The van der Waals surface area contributed by atoms with Gasteiger partial charge in [0.05, 0.1) is 29.3 Å². The van der Waals surface area contributed by atoms with Gasteiger partial charge in [0, 0.05) is 5.70 Å². The molecule has 2 rings (SSSR count). The number of hydrogen-bond donors (Lipinski definition) is 3. The maximum atomic E-state index is 12.6. The van der Waals surface area contributed by atoms with Crippen molar-refractivity contribution in [3.63, 3.8) is 0 Å². The predicted molar refractivity (Wildman–Crippen MR) is 97.2 cm³/mol. The number of nitrogens with one attached hydrogen (secondary N) is 2. The summed E-state index contributed by atoms with van der Waals surface area (Å²) in [6, 6.07) is 1.83. The summed E-state index contributed by atoms with van der Waals surface area (Å²) in [6.07, 6.45) is 0.130. The van der Waals surface area contributed by atoms with E-state index in [-0.39, 0.29) is 22.6 Å². The van der Waals surface area contributed by atoms with Crippen LogP contribution in [-0.2, 0) is 9.53 Å². The number of rotatable bonds is 6. The second kappa shape index (κ2) is 8.31. The number of allylic oxidation sites excluding steroid dienone is 1. The Morgan fingerprint density at radius 3 is 2.62 bits per heavy atom. The number of carbonyl (C=O) groups excluding carboxylic acids is 2. The summed E-state index contributed by atoms with van der Waals surface area (Å²) in [7, 11) is 0. The Kier molecular flexibility index (Phi) is 6.37. The maximum Gasteiger partial charge on any atom is 0.338 e. The van der Waals surface area contributed by atoms with Gasteiger partial charge in [-0.2, -0.15) is 0 Å². The van der Waals surface area contributed by atoms with E-state index in [9.17, 15) is 14.7 Å². The number of amides is 2. The minimum absolute atomic E-state index is 0.0633. The average molecular weight is 383 g/mol. The molecule has 0 saturated carbocycles. The lowest BCUT2D eigenvalue weighted by molar-refractivity contribution is -0.143. The first-order chi connectivity index (χ1) is 12.3. The number of esters is 1. The van der Waals surface area contributed by atoms with E-state index in [1.54, 1.807) is 26.8 Å². The van der Waals surface area contributed by atoms with Crippen LogP contribution >= 0.6 is 11.6 Å². The Bertz CT molecular complexity index is 745. The molecule has 1 aliphatic rings. The Labute approximate surface area is 157 Å². The zero-order chi connectivity index (χ0) is 19.4. The summed E-state index contributed by atoms with van der Waals surface area (Å²) in [5.74, 6) is -0.544. The summed E-state index contributed by atoms with van der Waals surface area (Å²) >= 11 is 6.10. The zero-order valence-corrected chi connectivity index (χ0v) is 15.9. The number of carbonyl (C=O) groups is 2. The number of halogens is 1. The van der Waals surface area contributed by atoms with Gasteiger partial charge in [0.15, 0.2) is 11.5 Å². The highest BCUT2D eigenvalue weighted by molar-refractivity contribution is 6.32. The molecule has 142 valence electrons. The van der Waals surface area contributed by atoms with Gasteiger partial charge in [-0.1, -0.05) is 18.5 Å². The first kappa shape index (κ1) is 19.9. The van der Waals surface area contributed by atoms with E-state index in [1.807, 2.05) is 6.92 Å². The molecule has 0 spiro atoms. The second-order valence-electron chi connectivity index (χ2n) is 6.01. The van der Waals surface area contributed by atoms with Crippen LogP contribution in [0, 0.1) is 0 Å². The third-order valence-corrected chi connectivity index (χ3v) is 4.04. The van der Waals surface area contributed by atoms with Crippen molar-refractivity contribution >= 4 is 23.6 Å². The van der Waals surface area contributed by atoms with E-state index in [4.69, 9.17) is 21.1 Å². The highest BCUT2D eigenvalue weighted by Crippen LogP contribution is 2.39. The minimum Gasteiger partial charge on any atom is -0.503 e. The molecule has 0 fully saturated rings. The number of hydrogen-bond acceptors (Lipinski definition) is 5. The first-order valence-electron chi connectivity index (χ1n) is 8.45. The number of ether oxygens (including phenoxy) is 2. The van der Waals surface area contributed by atoms with Crippen LogP contribution in [0.2, 0.25) is 5.02 Å². The van der Waals surface area contributed by atoms with Crippen molar-refractivity contribution in [2.24, 2.45) is 0 Å². The highest BCUT2D eigenvalue weighted by Gasteiger charge is 2.34. The summed E-state index contributed by atoms with van der Waals surface area (Å²) in [5.41, 5.74) is 1.28. The van der Waals surface area contributed by atoms with Crippen LogP contribution in [0.15, 0.2) is 23.4 Å². The van der Waals surface area contributed by atoms with Crippen LogP contribution in [0.4, 0.5) is 4.79 Å². The molecule has 1 aliphatic heterocycles. The lowest BCUT2D eigenvalue weighted by Gasteiger charge is -2.30. The Hall–Kier alpha value is -2.41. The van der Waals surface area contributed by atoms with Crippen LogP contribution in [0.3, 0.4) is 0 Å². The van der Waals surface area contributed by atoms with Gasteiger partial charge in [-0.3, -0.25) is 0 Å². The molecule has 0 saturated heterocycles. The summed E-state index contributed by atoms with van der Waals surface area (Å²) in [5, 5.41) is 15.5. The molecule has 7 nitrogen and oxygen atoms in total. The third-order valence-electron chi connectivity index (χ3n) is 3.75. The Morgan fingerprint density at radius 1 is 1.35 bits per heavy atom. The molecule has 1 aromatic carbocycles. The normalized spacial score (nSPS) is 17.0. The van der Waals surface area contributed by atoms with Crippen molar-refractivity contribution in [1.82, 2.24) is 10.6 Å². The summed E-state index contributed by atoms with van der Waals surface area (Å²) in [4.78, 5) is 24.7. The molecule has 1 aromatic rings. The SMILES string of the molecule is CCOc1cc(C2NC(=O)NC(CC)=C2C(=O)OC(C)C)cc(Cl)c1O. The molecule has 26 heavy (non-hydrogen) atoms. The zero-order valence-electron chi connectivity index (χ0n) is 15.2. The number of aromatic hydroxyl groups is 1. The summed E-state index contributed by atoms with van der Waals surface area (Å²) in [6.45, 7) is 7.42. The Balaban J connectivity index is 2.57. The second-order valence-corrected chi connectivity index (χ2v) is 6.42. The fourth-order valence-electron chi connectivity index (χ4n) is 2.69. The largest absolute Gasteiger partial charge is 0.503 e. The standard InChI is InChI=1S/C18H23ClN2O5/c1-5-12-14(17(23)26-9(3)4)15(21-18(24)20-12)10-7-11(19)16(22)13(8-10)25-6-2/h7-9,15,22H,5-6H2,1-4H3,(H2,20,21,24). The van der Waals surface area contributed by atoms with E-state index < -0.39 is 18.0 Å². The molecule has 0 aromatic heterocycles. The molecule has 0 bridgehead atoms. The van der Waals surface area contributed by atoms with Crippen molar-refractivity contribution in [3.05, 3.63) is 34.0 Å². The van der Waals surface area contributed by atoms with E-state index in [1.165, 1.54) is 6.07 Å². The van der Waals surface area contributed by atoms with E-state index >= 15 is 0 Å². The fraction of sp³-hybridized carbons (Fsp3) is 0.444. The van der Waals surface area contributed by atoms with Crippen molar-refractivity contribution < 1.29 is 24.2 Å². The van der Waals surface area contributed by atoms with Crippen LogP contribution in [0.5, 0.6) is 11.5 Å². The lowest BCUT2D eigenvalue weighted by atomic mass is 9.94. The average Bonchev–Trinajstić information content (AvgIpc) is 2.57. The molecule has 1 unspecified atom stereocenters. The molecular weight excluding hydrogens is 360 g/mol. The van der Waals surface area contributed by atoms with Gasteiger partial charge in [-0.15, -0.1) is 0 Å². The van der Waals surface area contributed by atoms with Crippen molar-refractivity contribution in [2.45, 2.75) is 46.3 Å². The van der Waals surface area contributed by atoms with Crippen LogP contribution in [-0.4, -0.2) is 29.8 Å². The Morgan fingerprint density at radius 2 is 2.04 bits per heavy atom. The van der Waals surface area contributed by atoms with Crippen LogP contribution in [0.1, 0.15) is 45.7 Å². The van der Waals surface area contributed by atoms with Gasteiger partial charge in [-0.05, 0) is 44.9 Å². The van der Waals surface area contributed by atoms with Gasteiger partial charge in [0.25, 0.3) is 0 Å². The maximum absolute atomic E-state index is 12.6. The minimum atomic E-state index is -0.776. The van der Waals surface area contributed by atoms with Crippen molar-refractivity contribution in [3.8, 4) is 11.5 Å². The highest BCUT2D eigenvalue weighted by atomic mass is 35.5. The van der Waals surface area contributed by atoms with E-state index in [0.717, 1.165) is 0 Å².